The highest BCUT2D eigenvalue weighted by Crippen LogP contribution is 2.33. The van der Waals surface area contributed by atoms with E-state index in [0.717, 1.165) is 24.3 Å². The first-order chi connectivity index (χ1) is 19.8. The molecule has 5 nitrogen and oxygen atoms in total. The van der Waals surface area contributed by atoms with Gasteiger partial charge in [-0.3, -0.25) is 4.79 Å². The summed E-state index contributed by atoms with van der Waals surface area (Å²) >= 11 is 0. The van der Waals surface area contributed by atoms with E-state index in [1.54, 1.807) is 30.3 Å². The fraction of sp³-hybridized carbons (Fsp3) is 0.161. The maximum Gasteiger partial charge on any atom is 0.416 e. The number of amides is 1. The fourth-order valence-electron chi connectivity index (χ4n) is 4.27. The molecule has 1 unspecified atom stereocenters. The SMILES string of the molecule is COc1ccc(-c2ccc(C(F)(F)F)cc2)cc1C(=O)NC(Cc1ccc(-c2ccc(C(F)(F)F)cc2)cc1)C(=O)O. The van der Waals surface area contributed by atoms with Gasteiger partial charge in [0.05, 0.1) is 23.8 Å². The largest absolute Gasteiger partial charge is 0.496 e. The molecule has 2 N–H and O–H groups in total. The van der Waals surface area contributed by atoms with Crippen LogP contribution in [0.2, 0.25) is 0 Å². The summed E-state index contributed by atoms with van der Waals surface area (Å²) in [7, 11) is 1.32. The number of carbonyl (C=O) groups excluding carboxylic acids is 1. The van der Waals surface area contributed by atoms with Gasteiger partial charge in [0.25, 0.3) is 5.91 Å². The minimum absolute atomic E-state index is 0.0150. The summed E-state index contributed by atoms with van der Waals surface area (Å²) < 4.78 is 82.5. The quantitative estimate of drug-likeness (QED) is 0.210. The molecule has 218 valence electrons. The summed E-state index contributed by atoms with van der Waals surface area (Å²) in [5, 5.41) is 12.2. The Morgan fingerprint density at radius 3 is 1.57 bits per heavy atom. The smallest absolute Gasteiger partial charge is 0.416 e. The van der Waals surface area contributed by atoms with Crippen molar-refractivity contribution in [3.8, 4) is 28.0 Å². The molecular formula is C31H23F6NO4. The molecule has 0 saturated heterocycles. The highest BCUT2D eigenvalue weighted by Gasteiger charge is 2.31. The number of ether oxygens (including phenoxy) is 1. The maximum absolute atomic E-state index is 13.2. The molecule has 0 bridgehead atoms. The van der Waals surface area contributed by atoms with Crippen molar-refractivity contribution in [2.75, 3.05) is 7.11 Å². The molecule has 1 amide bonds. The Labute approximate surface area is 236 Å². The molecule has 0 radical (unpaired) electrons. The van der Waals surface area contributed by atoms with Crippen LogP contribution in [0.15, 0.2) is 91.0 Å². The predicted molar refractivity (Wildman–Crippen MR) is 143 cm³/mol. The molecule has 4 aromatic carbocycles. The van der Waals surface area contributed by atoms with Crippen molar-refractivity contribution in [2.45, 2.75) is 24.8 Å². The van der Waals surface area contributed by atoms with Gasteiger partial charge in [0.2, 0.25) is 0 Å². The number of hydrogen-bond donors (Lipinski definition) is 2. The topological polar surface area (TPSA) is 75.6 Å². The second-order valence-electron chi connectivity index (χ2n) is 9.33. The lowest BCUT2D eigenvalue weighted by Crippen LogP contribution is -2.42. The maximum atomic E-state index is 13.2. The lowest BCUT2D eigenvalue weighted by molar-refractivity contribution is -0.139. The Morgan fingerprint density at radius 2 is 1.14 bits per heavy atom. The highest BCUT2D eigenvalue weighted by molar-refractivity contribution is 6.00. The first-order valence-corrected chi connectivity index (χ1v) is 12.4. The van der Waals surface area contributed by atoms with Crippen LogP contribution in [0.4, 0.5) is 26.3 Å². The molecule has 0 spiro atoms. The summed E-state index contributed by atoms with van der Waals surface area (Å²) in [4.78, 5) is 25.2. The average molecular weight is 588 g/mol. The second-order valence-corrected chi connectivity index (χ2v) is 9.33. The number of aliphatic carboxylic acids is 1. The number of carbonyl (C=O) groups is 2. The van der Waals surface area contributed by atoms with E-state index < -0.39 is 41.4 Å². The molecule has 0 aliphatic carbocycles. The van der Waals surface area contributed by atoms with Crippen LogP contribution in [0, 0.1) is 0 Å². The Bertz CT molecular complexity index is 1560. The molecule has 1 atom stereocenters. The standard InChI is InChI=1S/C31H23F6NO4/c1-42-27-15-10-22(21-8-13-24(14-9-21)31(35,36)37)17-25(27)28(39)38-26(29(40)41)16-18-2-4-19(5-3-18)20-6-11-23(12-7-20)30(32,33)34/h2-15,17,26H,16H2,1H3,(H,38,39)(H,40,41). The predicted octanol–water partition coefficient (Wildman–Crippen LogP) is 7.49. The highest BCUT2D eigenvalue weighted by atomic mass is 19.4. The third-order valence-corrected chi connectivity index (χ3v) is 6.53. The lowest BCUT2D eigenvalue weighted by atomic mass is 9.99. The van der Waals surface area contributed by atoms with Crippen LogP contribution in [0.25, 0.3) is 22.3 Å². The van der Waals surface area contributed by atoms with E-state index in [-0.39, 0.29) is 17.7 Å². The van der Waals surface area contributed by atoms with Crippen molar-refractivity contribution < 1.29 is 45.8 Å². The number of benzene rings is 4. The van der Waals surface area contributed by atoms with Crippen LogP contribution in [-0.4, -0.2) is 30.1 Å². The molecule has 0 heterocycles. The van der Waals surface area contributed by atoms with E-state index >= 15 is 0 Å². The van der Waals surface area contributed by atoms with Crippen molar-refractivity contribution in [3.05, 3.63) is 113 Å². The molecule has 0 aliphatic rings. The van der Waals surface area contributed by atoms with E-state index in [1.807, 2.05) is 0 Å². The summed E-state index contributed by atoms with van der Waals surface area (Å²) in [5.74, 6) is -1.95. The number of methoxy groups -OCH3 is 1. The van der Waals surface area contributed by atoms with E-state index in [9.17, 15) is 41.0 Å². The third kappa shape index (κ3) is 7.09. The summed E-state index contributed by atoms with van der Waals surface area (Å²) in [5.41, 5.74) is 0.912. The van der Waals surface area contributed by atoms with Crippen molar-refractivity contribution in [1.82, 2.24) is 5.32 Å². The number of hydrogen-bond acceptors (Lipinski definition) is 3. The molecule has 42 heavy (non-hydrogen) atoms. The van der Waals surface area contributed by atoms with Crippen LogP contribution in [0.3, 0.4) is 0 Å². The van der Waals surface area contributed by atoms with Crippen LogP contribution in [0.1, 0.15) is 27.0 Å². The summed E-state index contributed by atoms with van der Waals surface area (Å²) in [6, 6.07) is 18.5. The van der Waals surface area contributed by atoms with E-state index in [0.29, 0.717) is 27.8 Å². The fourth-order valence-corrected chi connectivity index (χ4v) is 4.27. The first-order valence-electron chi connectivity index (χ1n) is 12.4. The molecule has 0 saturated carbocycles. The van der Waals surface area contributed by atoms with Gasteiger partial charge in [-0.2, -0.15) is 26.3 Å². The minimum atomic E-state index is -4.50. The number of halogens is 6. The van der Waals surface area contributed by atoms with Crippen LogP contribution in [0.5, 0.6) is 5.75 Å². The van der Waals surface area contributed by atoms with Crippen molar-refractivity contribution in [2.24, 2.45) is 0 Å². The zero-order valence-corrected chi connectivity index (χ0v) is 21.9. The molecule has 0 aliphatic heterocycles. The summed E-state index contributed by atoms with van der Waals surface area (Å²) in [6.07, 6.45) is -9.06. The number of alkyl halides is 6. The number of nitrogens with one attached hydrogen (secondary N) is 1. The van der Waals surface area contributed by atoms with E-state index in [2.05, 4.69) is 5.32 Å². The van der Waals surface area contributed by atoms with Gasteiger partial charge in [0.1, 0.15) is 11.8 Å². The monoisotopic (exact) mass is 587 g/mol. The van der Waals surface area contributed by atoms with E-state index in [4.69, 9.17) is 4.74 Å². The molecule has 0 aromatic heterocycles. The van der Waals surface area contributed by atoms with Crippen LogP contribution < -0.4 is 10.1 Å². The minimum Gasteiger partial charge on any atom is -0.496 e. The Kier molecular flexibility index (Phi) is 8.60. The van der Waals surface area contributed by atoms with Crippen LogP contribution >= 0.6 is 0 Å². The Hall–Kier alpha value is -4.80. The molecule has 4 aromatic rings. The number of rotatable bonds is 8. The second kappa shape index (κ2) is 12.0. The Morgan fingerprint density at radius 1 is 0.714 bits per heavy atom. The van der Waals surface area contributed by atoms with E-state index in [1.165, 1.54) is 43.5 Å². The molecule has 11 heteroatoms. The van der Waals surface area contributed by atoms with Gasteiger partial charge in [0, 0.05) is 6.42 Å². The van der Waals surface area contributed by atoms with Gasteiger partial charge < -0.3 is 15.2 Å². The number of carboxylic acid groups (broad SMARTS) is 1. The molecule has 4 rings (SSSR count). The first kappa shape index (κ1) is 30.2. The van der Waals surface area contributed by atoms with Crippen molar-refractivity contribution in [1.29, 1.82) is 0 Å². The number of carboxylic acids is 1. The van der Waals surface area contributed by atoms with Crippen LogP contribution in [-0.2, 0) is 23.6 Å². The zero-order chi connectivity index (χ0) is 30.7. The summed E-state index contributed by atoms with van der Waals surface area (Å²) in [6.45, 7) is 0. The third-order valence-electron chi connectivity index (χ3n) is 6.53. The molecular weight excluding hydrogens is 564 g/mol. The average Bonchev–Trinajstić information content (AvgIpc) is 2.96. The van der Waals surface area contributed by atoms with Gasteiger partial charge >= 0.3 is 18.3 Å². The van der Waals surface area contributed by atoms with Crippen molar-refractivity contribution in [3.63, 3.8) is 0 Å². The molecule has 0 fully saturated rings. The zero-order valence-electron chi connectivity index (χ0n) is 21.9. The van der Waals surface area contributed by atoms with Gasteiger partial charge in [0.15, 0.2) is 0 Å². The Balaban J connectivity index is 1.51. The van der Waals surface area contributed by atoms with Gasteiger partial charge in [-0.05, 0) is 64.2 Å². The van der Waals surface area contributed by atoms with Gasteiger partial charge in [-0.15, -0.1) is 0 Å². The van der Waals surface area contributed by atoms with Gasteiger partial charge in [-0.25, -0.2) is 4.79 Å². The normalized spacial score (nSPS) is 12.5. The lowest BCUT2D eigenvalue weighted by Gasteiger charge is -2.17. The van der Waals surface area contributed by atoms with Gasteiger partial charge in [-0.1, -0.05) is 54.6 Å². The van der Waals surface area contributed by atoms with Crippen molar-refractivity contribution >= 4 is 11.9 Å².